The first-order valence-corrected chi connectivity index (χ1v) is 7.36. The molecule has 2 unspecified atom stereocenters. The minimum Gasteiger partial charge on any atom is -0.393 e. The van der Waals surface area contributed by atoms with Crippen molar-refractivity contribution in [2.75, 3.05) is 26.2 Å². The fourth-order valence-corrected chi connectivity index (χ4v) is 2.25. The van der Waals surface area contributed by atoms with E-state index in [0.29, 0.717) is 32.0 Å². The van der Waals surface area contributed by atoms with Gasteiger partial charge in [0.05, 0.1) is 12.6 Å². The van der Waals surface area contributed by atoms with Gasteiger partial charge in [0.2, 0.25) is 5.91 Å². The van der Waals surface area contributed by atoms with Gasteiger partial charge in [-0.2, -0.15) is 0 Å². The molecule has 2 atom stereocenters. The quantitative estimate of drug-likeness (QED) is 0.689. The van der Waals surface area contributed by atoms with Crippen molar-refractivity contribution in [2.24, 2.45) is 11.8 Å². The van der Waals surface area contributed by atoms with E-state index in [-0.39, 0.29) is 24.5 Å². The average molecular weight is 285 g/mol. The van der Waals surface area contributed by atoms with Crippen molar-refractivity contribution >= 4 is 11.9 Å². The summed E-state index contributed by atoms with van der Waals surface area (Å²) < 4.78 is 0. The second kappa shape index (κ2) is 8.21. The van der Waals surface area contributed by atoms with E-state index >= 15 is 0 Å². The van der Waals surface area contributed by atoms with E-state index in [1.807, 2.05) is 11.8 Å². The van der Waals surface area contributed by atoms with Gasteiger partial charge >= 0.3 is 6.03 Å². The zero-order valence-corrected chi connectivity index (χ0v) is 12.7. The van der Waals surface area contributed by atoms with E-state index in [0.717, 1.165) is 6.42 Å². The maximum Gasteiger partial charge on any atom is 0.321 e. The third kappa shape index (κ3) is 6.34. The zero-order valence-electron chi connectivity index (χ0n) is 12.7. The predicted molar refractivity (Wildman–Crippen MR) is 77.2 cm³/mol. The topological polar surface area (TPSA) is 81.7 Å². The molecule has 116 valence electrons. The highest BCUT2D eigenvalue weighted by molar-refractivity contribution is 5.95. The number of urea groups is 1. The van der Waals surface area contributed by atoms with Crippen LogP contribution in [0.3, 0.4) is 0 Å². The number of piperidine rings is 1. The summed E-state index contributed by atoms with van der Waals surface area (Å²) in [6.07, 6.45) is 1.28. The number of carbonyl (C=O) groups excluding carboxylic acids is 2. The summed E-state index contributed by atoms with van der Waals surface area (Å²) in [5.74, 6) is 0.388. The van der Waals surface area contributed by atoms with Gasteiger partial charge in [0.25, 0.3) is 0 Å². The van der Waals surface area contributed by atoms with Crippen molar-refractivity contribution in [3.05, 3.63) is 0 Å². The Morgan fingerprint density at radius 2 is 2.10 bits per heavy atom. The molecule has 1 rings (SSSR count). The molecule has 6 nitrogen and oxygen atoms in total. The lowest BCUT2D eigenvalue weighted by Crippen LogP contribution is -2.49. The minimum absolute atomic E-state index is 0.163. The monoisotopic (exact) mass is 285 g/mol. The van der Waals surface area contributed by atoms with E-state index in [1.165, 1.54) is 0 Å². The van der Waals surface area contributed by atoms with Gasteiger partial charge in [0, 0.05) is 19.6 Å². The fourth-order valence-electron chi connectivity index (χ4n) is 2.25. The van der Waals surface area contributed by atoms with Crippen LogP contribution in [0, 0.1) is 11.8 Å². The van der Waals surface area contributed by atoms with Crippen molar-refractivity contribution in [3.63, 3.8) is 0 Å². The van der Waals surface area contributed by atoms with Crippen LogP contribution < -0.4 is 10.6 Å². The first-order chi connectivity index (χ1) is 9.38. The lowest BCUT2D eigenvalue weighted by Gasteiger charge is -2.33. The summed E-state index contributed by atoms with van der Waals surface area (Å²) >= 11 is 0. The Kier molecular flexibility index (Phi) is 6.95. The molecule has 0 aromatic carbocycles. The number of aliphatic hydroxyl groups is 1. The minimum atomic E-state index is -0.430. The Labute approximate surface area is 120 Å². The van der Waals surface area contributed by atoms with Crippen LogP contribution in [0.2, 0.25) is 0 Å². The standard InChI is InChI=1S/C14H27N3O3/c1-10(2)4-6-15-14(20)16-13(19)9-17-7-5-12(18)11(3)8-17/h10-12,18H,4-9H2,1-3H3,(H2,15,16,19,20). The summed E-state index contributed by atoms with van der Waals surface area (Å²) in [4.78, 5) is 25.2. The Hall–Kier alpha value is -1.14. The second-order valence-corrected chi connectivity index (χ2v) is 6.06. The second-order valence-electron chi connectivity index (χ2n) is 6.06. The van der Waals surface area contributed by atoms with Gasteiger partial charge < -0.3 is 10.4 Å². The number of hydrogen-bond donors (Lipinski definition) is 3. The molecular weight excluding hydrogens is 258 g/mol. The van der Waals surface area contributed by atoms with E-state index < -0.39 is 6.03 Å². The normalized spacial score (nSPS) is 23.6. The number of nitrogens with zero attached hydrogens (tertiary/aromatic N) is 1. The molecular formula is C14H27N3O3. The van der Waals surface area contributed by atoms with Crippen molar-refractivity contribution in [2.45, 2.75) is 39.7 Å². The van der Waals surface area contributed by atoms with E-state index in [1.54, 1.807) is 0 Å². The number of aliphatic hydroxyl groups excluding tert-OH is 1. The summed E-state index contributed by atoms with van der Waals surface area (Å²) in [6.45, 7) is 8.27. The van der Waals surface area contributed by atoms with Crippen molar-refractivity contribution < 1.29 is 14.7 Å². The molecule has 1 fully saturated rings. The number of carbonyl (C=O) groups is 2. The summed E-state index contributed by atoms with van der Waals surface area (Å²) in [5.41, 5.74) is 0. The van der Waals surface area contributed by atoms with Crippen LogP contribution >= 0.6 is 0 Å². The lowest BCUT2D eigenvalue weighted by atomic mass is 9.97. The van der Waals surface area contributed by atoms with Gasteiger partial charge in [-0.3, -0.25) is 15.0 Å². The highest BCUT2D eigenvalue weighted by Gasteiger charge is 2.25. The fraction of sp³-hybridized carbons (Fsp3) is 0.857. The molecule has 1 saturated heterocycles. The van der Waals surface area contributed by atoms with E-state index in [4.69, 9.17) is 0 Å². The number of likely N-dealkylation sites (tertiary alicyclic amines) is 1. The lowest BCUT2D eigenvalue weighted by molar-refractivity contribution is -0.122. The largest absolute Gasteiger partial charge is 0.393 e. The number of nitrogens with one attached hydrogen (secondary N) is 2. The van der Waals surface area contributed by atoms with Crippen LogP contribution in [0.25, 0.3) is 0 Å². The van der Waals surface area contributed by atoms with Gasteiger partial charge in [-0.1, -0.05) is 20.8 Å². The van der Waals surface area contributed by atoms with Gasteiger partial charge in [-0.25, -0.2) is 4.79 Å². The van der Waals surface area contributed by atoms with E-state index in [9.17, 15) is 14.7 Å². The molecule has 3 amide bonds. The molecule has 0 bridgehead atoms. The first kappa shape index (κ1) is 16.9. The predicted octanol–water partition coefficient (Wildman–Crippen LogP) is 0.561. The Morgan fingerprint density at radius 1 is 1.40 bits per heavy atom. The SMILES string of the molecule is CC(C)CCNC(=O)NC(=O)CN1CCC(O)C(C)C1. The van der Waals surface area contributed by atoms with Gasteiger partial charge in [-0.05, 0) is 24.7 Å². The summed E-state index contributed by atoms with van der Waals surface area (Å²) in [5, 5.41) is 14.6. The van der Waals surface area contributed by atoms with Crippen molar-refractivity contribution in [1.29, 1.82) is 0 Å². The smallest absolute Gasteiger partial charge is 0.321 e. The third-order valence-electron chi connectivity index (χ3n) is 3.57. The molecule has 0 aromatic rings. The van der Waals surface area contributed by atoms with Crippen LogP contribution in [-0.4, -0.2) is 54.2 Å². The maximum absolute atomic E-state index is 11.7. The molecule has 1 aliphatic rings. The van der Waals surface area contributed by atoms with Crippen LogP contribution in [0.4, 0.5) is 4.79 Å². The first-order valence-electron chi connectivity index (χ1n) is 7.36. The molecule has 0 aromatic heterocycles. The van der Waals surface area contributed by atoms with Crippen LogP contribution in [0.15, 0.2) is 0 Å². The van der Waals surface area contributed by atoms with E-state index in [2.05, 4.69) is 24.5 Å². The molecule has 0 spiro atoms. The van der Waals surface area contributed by atoms with Gasteiger partial charge in [0.1, 0.15) is 0 Å². The molecule has 0 saturated carbocycles. The van der Waals surface area contributed by atoms with Crippen LogP contribution in [-0.2, 0) is 4.79 Å². The number of amides is 3. The molecule has 3 N–H and O–H groups in total. The Morgan fingerprint density at radius 3 is 2.70 bits per heavy atom. The summed E-state index contributed by atoms with van der Waals surface area (Å²) in [6, 6.07) is -0.430. The summed E-state index contributed by atoms with van der Waals surface area (Å²) in [7, 11) is 0. The molecule has 0 radical (unpaired) electrons. The van der Waals surface area contributed by atoms with Gasteiger partial charge in [-0.15, -0.1) is 0 Å². The molecule has 20 heavy (non-hydrogen) atoms. The Balaban J connectivity index is 2.21. The van der Waals surface area contributed by atoms with Crippen molar-refractivity contribution in [3.8, 4) is 0 Å². The van der Waals surface area contributed by atoms with Crippen molar-refractivity contribution in [1.82, 2.24) is 15.5 Å². The molecule has 6 heteroatoms. The van der Waals surface area contributed by atoms with Gasteiger partial charge in [0.15, 0.2) is 0 Å². The number of hydrogen-bond acceptors (Lipinski definition) is 4. The average Bonchev–Trinajstić information content (AvgIpc) is 2.33. The maximum atomic E-state index is 11.7. The Bertz CT molecular complexity index is 334. The highest BCUT2D eigenvalue weighted by atomic mass is 16.3. The van der Waals surface area contributed by atoms with Crippen LogP contribution in [0.5, 0.6) is 0 Å². The third-order valence-corrected chi connectivity index (χ3v) is 3.57. The zero-order chi connectivity index (χ0) is 15.1. The molecule has 1 aliphatic heterocycles. The van der Waals surface area contributed by atoms with Crippen LogP contribution in [0.1, 0.15) is 33.6 Å². The highest BCUT2D eigenvalue weighted by Crippen LogP contribution is 2.15. The molecule has 0 aliphatic carbocycles. The number of rotatable bonds is 5. The molecule has 1 heterocycles. The number of imide groups is 1.